The van der Waals surface area contributed by atoms with Crippen LogP contribution in [0.15, 0.2) is 63.4 Å². The number of rotatable bonds is 9. The number of hydrogen-bond donors (Lipinski definition) is 2. The predicted molar refractivity (Wildman–Crippen MR) is 177 cm³/mol. The lowest BCUT2D eigenvalue weighted by atomic mass is 9.96. The maximum absolute atomic E-state index is 12.9. The normalized spacial score (nSPS) is 16.1. The Morgan fingerprint density at radius 2 is 1.89 bits per heavy atom. The van der Waals surface area contributed by atoms with Crippen molar-refractivity contribution >= 4 is 40.3 Å². The Balaban J connectivity index is 1.30. The zero-order valence-electron chi connectivity index (χ0n) is 26.1. The van der Waals surface area contributed by atoms with Crippen molar-refractivity contribution in [2.75, 3.05) is 36.5 Å². The number of phenolic OH excluding ortho intramolecular Hbond substituents is 1. The summed E-state index contributed by atoms with van der Waals surface area (Å²) in [6.45, 7) is 8.07. The number of nitrogens with one attached hydrogen (secondary N) is 1. The summed E-state index contributed by atoms with van der Waals surface area (Å²) in [6.07, 6.45) is 9.43. The molecular formula is C36H40N4O5. The molecule has 0 radical (unpaired) electrons. The molecule has 2 aliphatic rings. The average Bonchev–Trinajstić information content (AvgIpc) is 3.55. The van der Waals surface area contributed by atoms with Crippen LogP contribution in [0.2, 0.25) is 0 Å². The molecule has 0 bridgehead atoms. The van der Waals surface area contributed by atoms with Gasteiger partial charge in [-0.2, -0.15) is 0 Å². The molecule has 2 N–H and O–H groups in total. The number of aromatic hydroxyl groups is 1. The van der Waals surface area contributed by atoms with Gasteiger partial charge in [0.1, 0.15) is 16.7 Å². The molecule has 0 amide bonds. The molecule has 2 aromatic carbocycles. The number of carbonyl (C=O) groups is 1. The van der Waals surface area contributed by atoms with E-state index in [-0.39, 0.29) is 28.3 Å². The van der Waals surface area contributed by atoms with Gasteiger partial charge < -0.3 is 24.5 Å². The molecule has 0 unspecified atom stereocenters. The van der Waals surface area contributed by atoms with Crippen LogP contribution in [0.3, 0.4) is 0 Å². The molecule has 9 heteroatoms. The largest absolute Gasteiger partial charge is 0.507 e. The molecule has 0 atom stereocenters. The number of morpholine rings is 1. The quantitative estimate of drug-likeness (QED) is 0.196. The van der Waals surface area contributed by atoms with Crippen molar-refractivity contribution in [1.29, 1.82) is 0 Å². The van der Waals surface area contributed by atoms with Crippen molar-refractivity contribution in [3.05, 3.63) is 75.7 Å². The maximum Gasteiger partial charge on any atom is 0.227 e. The minimum atomic E-state index is -0.287. The summed E-state index contributed by atoms with van der Waals surface area (Å²) in [4.78, 5) is 37.0. The van der Waals surface area contributed by atoms with Crippen molar-refractivity contribution in [1.82, 2.24) is 9.97 Å². The van der Waals surface area contributed by atoms with Gasteiger partial charge in [-0.25, -0.2) is 9.97 Å². The number of nitrogens with zero attached hydrogens (tertiary/aromatic N) is 3. The lowest BCUT2D eigenvalue weighted by molar-refractivity contribution is -0.118. The lowest BCUT2D eigenvalue weighted by Crippen LogP contribution is -2.36. The van der Waals surface area contributed by atoms with Crippen LogP contribution in [0.25, 0.3) is 28.2 Å². The van der Waals surface area contributed by atoms with Crippen LogP contribution in [0.4, 0.5) is 17.5 Å². The van der Waals surface area contributed by atoms with Crippen LogP contribution in [-0.2, 0) is 16.0 Å². The summed E-state index contributed by atoms with van der Waals surface area (Å²) in [5.41, 5.74) is 4.88. The van der Waals surface area contributed by atoms with Gasteiger partial charge in [0.05, 0.1) is 18.9 Å². The van der Waals surface area contributed by atoms with Crippen LogP contribution in [-0.4, -0.2) is 47.2 Å². The highest BCUT2D eigenvalue weighted by atomic mass is 16.5. The van der Waals surface area contributed by atoms with Gasteiger partial charge in [0.25, 0.3) is 0 Å². The van der Waals surface area contributed by atoms with Gasteiger partial charge in [-0.15, -0.1) is 0 Å². The molecule has 6 rings (SSSR count). The van der Waals surface area contributed by atoms with E-state index in [1.54, 1.807) is 18.3 Å². The van der Waals surface area contributed by atoms with E-state index >= 15 is 0 Å². The zero-order chi connectivity index (χ0) is 31.5. The molecule has 3 heterocycles. The van der Waals surface area contributed by atoms with Gasteiger partial charge in [-0.05, 0) is 66.3 Å². The Bertz CT molecular complexity index is 1800. The van der Waals surface area contributed by atoms with Crippen LogP contribution in [0.5, 0.6) is 5.75 Å². The van der Waals surface area contributed by atoms with Gasteiger partial charge in [0.2, 0.25) is 5.95 Å². The van der Waals surface area contributed by atoms with Gasteiger partial charge in [0.15, 0.2) is 17.1 Å². The number of benzene rings is 2. The first-order valence-electron chi connectivity index (χ1n) is 15.8. The monoisotopic (exact) mass is 608 g/mol. The van der Waals surface area contributed by atoms with E-state index in [2.05, 4.69) is 10.3 Å². The molecule has 2 aromatic heterocycles. The third kappa shape index (κ3) is 6.93. The molecule has 4 aromatic rings. The second-order valence-electron chi connectivity index (χ2n) is 12.4. The third-order valence-corrected chi connectivity index (χ3v) is 8.71. The highest BCUT2D eigenvalue weighted by Crippen LogP contribution is 2.34. The molecule has 1 aliphatic carbocycles. The Hall–Kier alpha value is -4.50. The maximum atomic E-state index is 12.9. The van der Waals surface area contributed by atoms with E-state index in [9.17, 15) is 14.7 Å². The number of aromatic nitrogens is 2. The van der Waals surface area contributed by atoms with E-state index in [0.717, 1.165) is 28.9 Å². The molecule has 45 heavy (non-hydrogen) atoms. The number of fused-ring (bicyclic) bond motifs is 1. The standard InChI is InChI=1S/C36H40N4O5/c1-22(2)35(43)23(3)15-27-21-37-36(39-29(27)16-24-7-4-5-8-24)38-28-10-6-9-25(17-28)26-18-30(41)34-31(42)20-33(45-32(34)19-26)40-11-13-44-14-12-40/h6,9-10,15,17-22,24,41H,4-5,7-8,11-14,16H2,1-3H3,(H,37,38,39)/b23-15+. The first-order valence-corrected chi connectivity index (χ1v) is 15.8. The molecule has 1 saturated heterocycles. The summed E-state index contributed by atoms with van der Waals surface area (Å²) in [5, 5.41) is 14.4. The fourth-order valence-corrected chi connectivity index (χ4v) is 6.29. The minimum absolute atomic E-state index is 0.0685. The van der Waals surface area contributed by atoms with Gasteiger partial charge >= 0.3 is 0 Å². The average molecular weight is 609 g/mol. The molecule has 0 spiro atoms. The molecule has 2 fully saturated rings. The summed E-state index contributed by atoms with van der Waals surface area (Å²) in [5.74, 6) is 1.45. The summed E-state index contributed by atoms with van der Waals surface area (Å²) in [7, 11) is 0. The molecule has 1 aliphatic heterocycles. The smallest absolute Gasteiger partial charge is 0.227 e. The number of phenols is 1. The minimum Gasteiger partial charge on any atom is -0.507 e. The number of anilines is 3. The fraction of sp³-hybridized carbons (Fsp3) is 0.389. The number of hydrogen-bond acceptors (Lipinski definition) is 9. The van der Waals surface area contributed by atoms with Crippen LogP contribution in [0.1, 0.15) is 57.7 Å². The van der Waals surface area contributed by atoms with E-state index in [1.165, 1.54) is 31.7 Å². The Morgan fingerprint density at radius 1 is 1.11 bits per heavy atom. The summed E-state index contributed by atoms with van der Waals surface area (Å²) < 4.78 is 11.6. The third-order valence-electron chi connectivity index (χ3n) is 8.71. The van der Waals surface area contributed by atoms with Crippen molar-refractivity contribution in [2.24, 2.45) is 11.8 Å². The van der Waals surface area contributed by atoms with Crippen LogP contribution < -0.4 is 15.6 Å². The summed E-state index contributed by atoms with van der Waals surface area (Å²) in [6, 6.07) is 12.5. The Labute approximate surface area is 263 Å². The lowest BCUT2D eigenvalue weighted by Gasteiger charge is -2.27. The van der Waals surface area contributed by atoms with Gasteiger partial charge in [0, 0.05) is 42.5 Å². The van der Waals surface area contributed by atoms with Crippen molar-refractivity contribution in [3.63, 3.8) is 0 Å². The van der Waals surface area contributed by atoms with Crippen molar-refractivity contribution in [3.8, 4) is 16.9 Å². The SMILES string of the molecule is C/C(=C\c1cnc(Nc2cccc(-c3cc(O)c4c(=O)cc(N5CCOCC5)oc4c3)c2)nc1CC1CCCC1)C(=O)C(C)C. The number of ether oxygens (including phenoxy) is 1. The highest BCUT2D eigenvalue weighted by Gasteiger charge is 2.20. The van der Waals surface area contributed by atoms with Gasteiger partial charge in [-0.1, -0.05) is 51.7 Å². The summed E-state index contributed by atoms with van der Waals surface area (Å²) >= 11 is 0. The number of Topliss-reactive ketones (excluding diaryl/α,β-unsaturated/α-hetero) is 1. The molecular weight excluding hydrogens is 568 g/mol. The number of allylic oxidation sites excluding steroid dienone is 1. The Kier molecular flexibility index (Phi) is 8.98. The highest BCUT2D eigenvalue weighted by molar-refractivity contribution is 6.00. The van der Waals surface area contributed by atoms with Crippen molar-refractivity contribution in [2.45, 2.75) is 52.9 Å². The first-order chi connectivity index (χ1) is 21.7. The topological polar surface area (TPSA) is 118 Å². The number of ketones is 1. The zero-order valence-corrected chi connectivity index (χ0v) is 26.1. The second-order valence-corrected chi connectivity index (χ2v) is 12.4. The molecule has 1 saturated carbocycles. The predicted octanol–water partition coefficient (Wildman–Crippen LogP) is 6.90. The molecule has 9 nitrogen and oxygen atoms in total. The Morgan fingerprint density at radius 3 is 2.64 bits per heavy atom. The van der Waals surface area contributed by atoms with E-state index in [0.29, 0.717) is 60.8 Å². The van der Waals surface area contributed by atoms with E-state index in [4.69, 9.17) is 14.1 Å². The van der Waals surface area contributed by atoms with Gasteiger partial charge in [-0.3, -0.25) is 9.59 Å². The second kappa shape index (κ2) is 13.2. The van der Waals surface area contributed by atoms with E-state index in [1.807, 2.05) is 56.0 Å². The van der Waals surface area contributed by atoms with Crippen molar-refractivity contribution < 1.29 is 19.1 Å². The van der Waals surface area contributed by atoms with Crippen LogP contribution in [0, 0.1) is 11.8 Å². The molecule has 234 valence electrons. The van der Waals surface area contributed by atoms with Crippen LogP contribution >= 0.6 is 0 Å². The number of carbonyl (C=O) groups excluding carboxylic acids is 1. The first kappa shape index (κ1) is 30.5. The van der Waals surface area contributed by atoms with E-state index < -0.39 is 0 Å². The fourth-order valence-electron chi connectivity index (χ4n) is 6.29.